The van der Waals surface area contributed by atoms with Crippen LogP contribution in [0.3, 0.4) is 0 Å². The predicted molar refractivity (Wildman–Crippen MR) is 148 cm³/mol. The summed E-state index contributed by atoms with van der Waals surface area (Å²) in [6.45, 7) is 4.03. The van der Waals surface area contributed by atoms with Crippen molar-refractivity contribution in [1.29, 1.82) is 5.41 Å². The number of nitrogens with two attached hydrogens (primary N) is 1. The van der Waals surface area contributed by atoms with Crippen LogP contribution in [-0.2, 0) is 0 Å². The van der Waals surface area contributed by atoms with Crippen LogP contribution < -0.4 is 16.0 Å². The summed E-state index contributed by atoms with van der Waals surface area (Å²) in [5, 5.41) is 11.5. The third-order valence-corrected chi connectivity index (χ3v) is 6.59. The second-order valence-electron chi connectivity index (χ2n) is 8.87. The summed E-state index contributed by atoms with van der Waals surface area (Å²) in [7, 11) is 2.13. The van der Waals surface area contributed by atoms with Gasteiger partial charge in [0.1, 0.15) is 11.6 Å². The number of aromatic nitrogens is 3. The number of nitrogens with one attached hydrogen (secondary N) is 2. The SMILES string of the molecule is CN1CCN(c2ccc(Nc3cnc4ccc(C(C=N)=C(N)c5cc(Cl)ccc5F)nc4c3)nc2)CC1. The van der Waals surface area contributed by atoms with Crippen molar-refractivity contribution in [1.82, 2.24) is 19.9 Å². The first kappa shape index (κ1) is 24.6. The molecule has 0 atom stereocenters. The van der Waals surface area contributed by atoms with Crippen molar-refractivity contribution in [2.45, 2.75) is 0 Å². The molecule has 4 aromatic rings. The number of likely N-dealkylation sites (N-methyl/N-ethyl adjacent to an activating group) is 1. The minimum atomic E-state index is -0.527. The Balaban J connectivity index is 1.40. The number of pyridine rings is 3. The van der Waals surface area contributed by atoms with E-state index in [0.29, 0.717) is 33.3 Å². The van der Waals surface area contributed by atoms with Crippen molar-refractivity contribution in [3.8, 4) is 0 Å². The molecule has 1 saturated heterocycles. The molecule has 0 saturated carbocycles. The standard InChI is InChI=1S/C27H26ClFN8/c1-36-8-10-37(11-9-36)19-3-7-26(33-16-19)34-18-13-25-24(32-15-18)6-5-23(35-25)21(14-30)27(31)20-12-17(28)2-4-22(20)29/h2-7,12-16,30H,8-11,31H2,1H3,(H,33,34). The highest BCUT2D eigenvalue weighted by atomic mass is 35.5. The fourth-order valence-corrected chi connectivity index (χ4v) is 4.40. The Morgan fingerprint density at radius 2 is 1.84 bits per heavy atom. The van der Waals surface area contributed by atoms with Gasteiger partial charge in [0.05, 0.1) is 46.2 Å². The van der Waals surface area contributed by atoms with E-state index in [1.54, 1.807) is 18.3 Å². The molecule has 10 heteroatoms. The van der Waals surface area contributed by atoms with Crippen LogP contribution in [0.15, 0.2) is 60.9 Å². The molecule has 1 fully saturated rings. The zero-order valence-corrected chi connectivity index (χ0v) is 21.0. The van der Waals surface area contributed by atoms with Crippen LogP contribution in [-0.4, -0.2) is 59.3 Å². The van der Waals surface area contributed by atoms with Crippen molar-refractivity contribution >= 4 is 57.3 Å². The van der Waals surface area contributed by atoms with Crippen LogP contribution in [0.1, 0.15) is 11.3 Å². The Morgan fingerprint density at radius 3 is 2.57 bits per heavy atom. The molecule has 188 valence electrons. The van der Waals surface area contributed by atoms with Gasteiger partial charge in [-0.15, -0.1) is 0 Å². The maximum Gasteiger partial charge on any atom is 0.132 e. The van der Waals surface area contributed by atoms with Crippen molar-refractivity contribution in [3.05, 3.63) is 83.0 Å². The lowest BCUT2D eigenvalue weighted by molar-refractivity contribution is 0.313. The lowest BCUT2D eigenvalue weighted by Gasteiger charge is -2.33. The molecule has 0 aliphatic carbocycles. The van der Waals surface area contributed by atoms with Gasteiger partial charge >= 0.3 is 0 Å². The molecule has 1 aliphatic rings. The van der Waals surface area contributed by atoms with Gasteiger partial charge in [-0.05, 0) is 55.6 Å². The zero-order chi connectivity index (χ0) is 25.9. The molecule has 5 rings (SSSR count). The zero-order valence-electron chi connectivity index (χ0n) is 20.2. The second kappa shape index (κ2) is 10.5. The van der Waals surface area contributed by atoms with Crippen LogP contribution in [0.25, 0.3) is 22.3 Å². The summed E-state index contributed by atoms with van der Waals surface area (Å²) in [6, 6.07) is 13.5. The number of anilines is 3. The Kier molecular flexibility index (Phi) is 6.98. The largest absolute Gasteiger partial charge is 0.398 e. The molecule has 3 aromatic heterocycles. The van der Waals surface area contributed by atoms with E-state index >= 15 is 0 Å². The number of halogens is 2. The fraction of sp³-hybridized carbons (Fsp3) is 0.185. The maximum atomic E-state index is 14.4. The highest BCUT2D eigenvalue weighted by Crippen LogP contribution is 2.27. The summed E-state index contributed by atoms with van der Waals surface area (Å²) in [5.41, 5.74) is 10.2. The van der Waals surface area contributed by atoms with Gasteiger partial charge in [0, 0.05) is 48.6 Å². The third-order valence-electron chi connectivity index (χ3n) is 6.36. The van der Waals surface area contributed by atoms with Gasteiger partial charge in [0.15, 0.2) is 0 Å². The molecule has 4 N–H and O–H groups in total. The Labute approximate surface area is 219 Å². The van der Waals surface area contributed by atoms with Crippen LogP contribution in [0, 0.1) is 11.2 Å². The second-order valence-corrected chi connectivity index (χ2v) is 9.31. The Bertz CT molecular complexity index is 1480. The summed E-state index contributed by atoms with van der Waals surface area (Å²) in [6.07, 6.45) is 4.64. The van der Waals surface area contributed by atoms with E-state index in [1.165, 1.54) is 18.2 Å². The molecule has 4 heterocycles. The van der Waals surface area contributed by atoms with Gasteiger partial charge in [-0.2, -0.15) is 0 Å². The van der Waals surface area contributed by atoms with Crippen molar-refractivity contribution in [2.24, 2.45) is 5.73 Å². The van der Waals surface area contributed by atoms with Crippen LogP contribution >= 0.6 is 11.6 Å². The minimum Gasteiger partial charge on any atom is -0.398 e. The fourth-order valence-electron chi connectivity index (χ4n) is 4.22. The number of allylic oxidation sites excluding steroid dienone is 1. The van der Waals surface area contributed by atoms with Gasteiger partial charge < -0.3 is 26.3 Å². The molecular formula is C27H26ClFN8. The Hall–Kier alpha value is -4.08. The monoisotopic (exact) mass is 516 g/mol. The molecule has 37 heavy (non-hydrogen) atoms. The first-order chi connectivity index (χ1) is 17.9. The average Bonchev–Trinajstić information content (AvgIpc) is 2.91. The third kappa shape index (κ3) is 5.37. The van der Waals surface area contributed by atoms with Crippen molar-refractivity contribution in [3.63, 3.8) is 0 Å². The lowest BCUT2D eigenvalue weighted by atomic mass is 10.0. The number of piperazine rings is 1. The number of benzene rings is 1. The molecule has 0 unspecified atom stereocenters. The minimum absolute atomic E-state index is 0.0775. The molecule has 8 nitrogen and oxygen atoms in total. The normalized spacial score (nSPS) is 14.9. The highest BCUT2D eigenvalue weighted by Gasteiger charge is 2.15. The quantitative estimate of drug-likeness (QED) is 0.316. The van der Waals surface area contributed by atoms with Crippen LogP contribution in [0.5, 0.6) is 0 Å². The summed E-state index contributed by atoms with van der Waals surface area (Å²) >= 11 is 6.03. The van der Waals surface area contributed by atoms with E-state index in [0.717, 1.165) is 38.1 Å². The summed E-state index contributed by atoms with van der Waals surface area (Å²) < 4.78 is 14.4. The van der Waals surface area contributed by atoms with E-state index in [2.05, 4.69) is 43.2 Å². The van der Waals surface area contributed by atoms with E-state index < -0.39 is 5.82 Å². The van der Waals surface area contributed by atoms with Crippen LogP contribution in [0.4, 0.5) is 21.6 Å². The molecular weight excluding hydrogens is 491 g/mol. The molecule has 1 aromatic carbocycles. The molecule has 1 aliphatic heterocycles. The van der Waals surface area contributed by atoms with Gasteiger partial charge in [-0.3, -0.25) is 4.98 Å². The average molecular weight is 517 g/mol. The van der Waals surface area contributed by atoms with Gasteiger partial charge in [0.25, 0.3) is 0 Å². The van der Waals surface area contributed by atoms with Gasteiger partial charge in [-0.1, -0.05) is 11.6 Å². The smallest absolute Gasteiger partial charge is 0.132 e. The molecule has 0 spiro atoms. The van der Waals surface area contributed by atoms with E-state index in [1.807, 2.05) is 18.3 Å². The maximum absolute atomic E-state index is 14.4. The first-order valence-corrected chi connectivity index (χ1v) is 12.2. The van der Waals surface area contributed by atoms with Crippen molar-refractivity contribution in [2.75, 3.05) is 43.4 Å². The van der Waals surface area contributed by atoms with Gasteiger partial charge in [0.2, 0.25) is 0 Å². The summed E-state index contributed by atoms with van der Waals surface area (Å²) in [5.74, 6) is 0.164. The van der Waals surface area contributed by atoms with E-state index in [4.69, 9.17) is 22.7 Å². The topological polar surface area (TPSA) is 107 Å². The number of hydrogen-bond acceptors (Lipinski definition) is 8. The van der Waals surface area contributed by atoms with E-state index in [9.17, 15) is 4.39 Å². The number of hydrogen-bond donors (Lipinski definition) is 3. The number of fused-ring (bicyclic) bond motifs is 1. The number of rotatable bonds is 6. The van der Waals surface area contributed by atoms with Crippen LogP contribution in [0.2, 0.25) is 5.02 Å². The highest BCUT2D eigenvalue weighted by molar-refractivity contribution is 6.31. The number of nitrogens with zero attached hydrogens (tertiary/aromatic N) is 5. The molecule has 0 radical (unpaired) electrons. The van der Waals surface area contributed by atoms with E-state index in [-0.39, 0.29) is 16.8 Å². The Morgan fingerprint density at radius 1 is 1.03 bits per heavy atom. The molecule has 0 amide bonds. The molecule has 0 bridgehead atoms. The van der Waals surface area contributed by atoms with Gasteiger partial charge in [-0.25, -0.2) is 14.4 Å². The van der Waals surface area contributed by atoms with Crippen molar-refractivity contribution < 1.29 is 4.39 Å². The predicted octanol–water partition coefficient (Wildman–Crippen LogP) is 4.79. The first-order valence-electron chi connectivity index (χ1n) is 11.8. The lowest BCUT2D eigenvalue weighted by Crippen LogP contribution is -2.44. The summed E-state index contributed by atoms with van der Waals surface area (Å²) in [4.78, 5) is 18.3.